The minimum absolute atomic E-state index is 0. The fourth-order valence-corrected chi connectivity index (χ4v) is 3.61. The van der Waals surface area contributed by atoms with Gasteiger partial charge in [0.1, 0.15) is 16.5 Å². The highest BCUT2D eigenvalue weighted by Crippen LogP contribution is 2.30. The van der Waals surface area contributed by atoms with E-state index in [0.29, 0.717) is 11.6 Å². The van der Waals surface area contributed by atoms with Crippen LogP contribution in [0.4, 0.5) is 17.3 Å². The van der Waals surface area contributed by atoms with Crippen molar-refractivity contribution in [2.75, 3.05) is 50.6 Å². The van der Waals surface area contributed by atoms with Gasteiger partial charge < -0.3 is 19.9 Å². The Morgan fingerprint density at radius 3 is 2.45 bits per heavy atom. The molecule has 0 aliphatic carbocycles. The Morgan fingerprint density at radius 1 is 1.03 bits per heavy atom. The highest BCUT2D eigenvalue weighted by Gasteiger charge is 2.15. The Morgan fingerprint density at radius 2 is 1.83 bits per heavy atom. The Kier molecular flexibility index (Phi) is 8.45. The normalized spacial score (nSPS) is 13.9. The second-order valence-corrected chi connectivity index (χ2v) is 7.30. The van der Waals surface area contributed by atoms with Crippen LogP contribution in [0.25, 0.3) is 10.7 Å². The summed E-state index contributed by atoms with van der Waals surface area (Å²) >= 11 is 1.56. The summed E-state index contributed by atoms with van der Waals surface area (Å²) in [6, 6.07) is 7.88. The van der Waals surface area contributed by atoms with E-state index < -0.39 is 0 Å². The number of halogens is 2. The average Bonchev–Trinajstić information content (AvgIpc) is 3.24. The average molecular weight is 455 g/mol. The summed E-state index contributed by atoms with van der Waals surface area (Å²) in [6.45, 7) is 4.20. The van der Waals surface area contributed by atoms with Crippen molar-refractivity contribution < 1.29 is 4.74 Å². The van der Waals surface area contributed by atoms with Crippen molar-refractivity contribution in [2.45, 2.75) is 0 Å². The fourth-order valence-electron chi connectivity index (χ4n) is 3.00. The van der Waals surface area contributed by atoms with Crippen LogP contribution in [0.5, 0.6) is 5.75 Å². The zero-order valence-electron chi connectivity index (χ0n) is 16.2. The highest BCUT2D eigenvalue weighted by molar-refractivity contribution is 7.13. The molecule has 1 aliphatic rings. The molecule has 0 amide bonds. The number of nitrogens with one attached hydrogen (secondary N) is 1. The third kappa shape index (κ3) is 5.48. The number of rotatable bonds is 5. The molecule has 0 radical (unpaired) electrons. The maximum Gasteiger partial charge on any atom is 0.175 e. The van der Waals surface area contributed by atoms with Gasteiger partial charge in [-0.3, -0.25) is 0 Å². The Bertz CT molecular complexity index is 886. The second kappa shape index (κ2) is 10.6. The summed E-state index contributed by atoms with van der Waals surface area (Å²) in [7, 11) is 3.79. The number of aromatic nitrogens is 3. The molecule has 1 aliphatic heterocycles. The van der Waals surface area contributed by atoms with Gasteiger partial charge in [-0.2, -0.15) is 0 Å². The van der Waals surface area contributed by atoms with Crippen LogP contribution in [0.2, 0.25) is 0 Å². The first-order valence-corrected chi connectivity index (χ1v) is 9.72. The van der Waals surface area contributed by atoms with Crippen LogP contribution in [0.15, 0.2) is 42.0 Å². The molecule has 1 saturated heterocycles. The lowest BCUT2D eigenvalue weighted by Crippen LogP contribution is -2.44. The number of nitrogens with zero attached hydrogens (tertiary/aromatic N) is 5. The van der Waals surface area contributed by atoms with Crippen LogP contribution in [-0.4, -0.2) is 60.2 Å². The SMILES string of the molecule is COc1ccc(-c2nccs2)nc1Nc1ccc(N2CCN(C)CC2)cn1.Cl.Cl. The maximum atomic E-state index is 5.44. The number of thiazole rings is 1. The van der Waals surface area contributed by atoms with E-state index in [2.05, 4.69) is 43.2 Å². The van der Waals surface area contributed by atoms with Crippen LogP contribution in [0.3, 0.4) is 0 Å². The summed E-state index contributed by atoms with van der Waals surface area (Å²) in [4.78, 5) is 18.2. The van der Waals surface area contributed by atoms with Gasteiger partial charge in [-0.05, 0) is 31.3 Å². The van der Waals surface area contributed by atoms with Crippen LogP contribution in [-0.2, 0) is 0 Å². The Hall–Kier alpha value is -2.13. The van der Waals surface area contributed by atoms with Crippen LogP contribution in [0.1, 0.15) is 0 Å². The minimum atomic E-state index is 0. The summed E-state index contributed by atoms with van der Waals surface area (Å²) in [5.41, 5.74) is 1.95. The third-order valence-corrected chi connectivity index (χ3v) is 5.39. The topological polar surface area (TPSA) is 66.4 Å². The smallest absolute Gasteiger partial charge is 0.175 e. The molecule has 4 rings (SSSR count). The van der Waals surface area contributed by atoms with Crippen molar-refractivity contribution in [1.82, 2.24) is 19.9 Å². The second-order valence-electron chi connectivity index (χ2n) is 6.40. The molecular formula is C19H24Cl2N6OS. The van der Waals surface area contributed by atoms with Gasteiger partial charge >= 0.3 is 0 Å². The first-order chi connectivity index (χ1) is 13.2. The molecule has 0 spiro atoms. The molecule has 0 bridgehead atoms. The van der Waals surface area contributed by atoms with E-state index in [4.69, 9.17) is 4.74 Å². The molecule has 1 N–H and O–H groups in total. The molecule has 29 heavy (non-hydrogen) atoms. The Labute approximate surface area is 187 Å². The third-order valence-electron chi connectivity index (χ3n) is 4.59. The van der Waals surface area contributed by atoms with E-state index in [9.17, 15) is 0 Å². The van der Waals surface area contributed by atoms with E-state index in [1.54, 1.807) is 24.6 Å². The molecule has 0 saturated carbocycles. The number of hydrogen-bond donors (Lipinski definition) is 1. The first-order valence-electron chi connectivity index (χ1n) is 8.84. The molecule has 10 heteroatoms. The van der Waals surface area contributed by atoms with Gasteiger partial charge in [-0.1, -0.05) is 0 Å². The summed E-state index contributed by atoms with van der Waals surface area (Å²) in [6.07, 6.45) is 3.68. The molecular weight excluding hydrogens is 431 g/mol. The van der Waals surface area contributed by atoms with Crippen molar-refractivity contribution in [3.63, 3.8) is 0 Å². The van der Waals surface area contributed by atoms with Crippen molar-refractivity contribution in [3.05, 3.63) is 42.0 Å². The maximum absolute atomic E-state index is 5.44. The van der Waals surface area contributed by atoms with Crippen LogP contribution < -0.4 is 15.0 Å². The molecule has 156 valence electrons. The molecule has 7 nitrogen and oxygen atoms in total. The highest BCUT2D eigenvalue weighted by atomic mass is 35.5. The monoisotopic (exact) mass is 454 g/mol. The summed E-state index contributed by atoms with van der Waals surface area (Å²) in [5, 5.41) is 6.08. The first kappa shape index (κ1) is 23.2. The van der Waals surface area contributed by atoms with E-state index in [1.807, 2.05) is 29.8 Å². The number of pyridine rings is 2. The number of ether oxygens (including phenoxy) is 1. The fraction of sp³-hybridized carbons (Fsp3) is 0.316. The van der Waals surface area contributed by atoms with Crippen LogP contribution >= 0.6 is 36.2 Å². The number of methoxy groups -OCH3 is 1. The lowest BCUT2D eigenvalue weighted by Gasteiger charge is -2.33. The number of hydrogen-bond acceptors (Lipinski definition) is 8. The predicted octanol–water partition coefficient (Wildman–Crippen LogP) is 3.95. The number of anilines is 3. The molecule has 0 unspecified atom stereocenters. The van der Waals surface area contributed by atoms with Crippen LogP contribution in [0, 0.1) is 0 Å². The van der Waals surface area contributed by atoms with Gasteiger partial charge in [0.15, 0.2) is 11.6 Å². The quantitative estimate of drug-likeness (QED) is 0.625. The number of likely N-dealkylation sites (N-methyl/N-ethyl adjacent to an activating group) is 1. The molecule has 3 aromatic heterocycles. The standard InChI is InChI=1S/C19H22N6OS.2ClH/c1-24-8-10-25(11-9-24)14-3-6-17(21-13-14)23-18-16(26-2)5-4-15(22-18)19-20-7-12-27-19;;/h3-7,12-13H,8-11H2,1-2H3,(H,21,22,23);2*1H. The van der Waals surface area contributed by atoms with Gasteiger partial charge in [-0.15, -0.1) is 36.2 Å². The van der Waals surface area contributed by atoms with Crippen molar-refractivity contribution >= 4 is 53.5 Å². The van der Waals surface area contributed by atoms with Gasteiger partial charge in [0.05, 0.1) is 19.0 Å². The number of piperazine rings is 1. The van der Waals surface area contributed by atoms with E-state index in [-0.39, 0.29) is 24.8 Å². The van der Waals surface area contributed by atoms with Gasteiger partial charge in [0.2, 0.25) is 0 Å². The van der Waals surface area contributed by atoms with Gasteiger partial charge in [-0.25, -0.2) is 15.0 Å². The van der Waals surface area contributed by atoms with Crippen molar-refractivity contribution in [3.8, 4) is 16.5 Å². The molecule has 3 aromatic rings. The molecule has 0 aromatic carbocycles. The predicted molar refractivity (Wildman–Crippen MR) is 124 cm³/mol. The zero-order chi connectivity index (χ0) is 18.6. The summed E-state index contributed by atoms with van der Waals surface area (Å²) < 4.78 is 5.44. The lowest BCUT2D eigenvalue weighted by atomic mass is 10.3. The van der Waals surface area contributed by atoms with E-state index >= 15 is 0 Å². The molecule has 0 atom stereocenters. The lowest BCUT2D eigenvalue weighted by molar-refractivity contribution is 0.313. The Balaban J connectivity index is 0.00000150. The minimum Gasteiger partial charge on any atom is -0.493 e. The van der Waals surface area contributed by atoms with Gasteiger partial charge in [0, 0.05) is 37.8 Å². The van der Waals surface area contributed by atoms with Crippen molar-refractivity contribution in [1.29, 1.82) is 0 Å². The van der Waals surface area contributed by atoms with Crippen molar-refractivity contribution in [2.24, 2.45) is 0 Å². The van der Waals surface area contributed by atoms with Gasteiger partial charge in [0.25, 0.3) is 0 Å². The van der Waals surface area contributed by atoms with E-state index in [0.717, 1.165) is 48.4 Å². The molecule has 1 fully saturated rings. The van der Waals surface area contributed by atoms with E-state index in [1.165, 1.54) is 0 Å². The largest absolute Gasteiger partial charge is 0.493 e. The summed E-state index contributed by atoms with van der Waals surface area (Å²) in [5.74, 6) is 2.03. The zero-order valence-corrected chi connectivity index (χ0v) is 18.7. The molecule has 4 heterocycles.